The van der Waals surface area contributed by atoms with Crippen LogP contribution in [0.25, 0.3) is 0 Å². The van der Waals surface area contributed by atoms with E-state index in [-0.39, 0.29) is 6.61 Å². The lowest BCUT2D eigenvalue weighted by Crippen LogP contribution is -2.34. The third-order valence-electron chi connectivity index (χ3n) is 3.27. The van der Waals surface area contributed by atoms with E-state index in [4.69, 9.17) is 16.7 Å². The van der Waals surface area contributed by atoms with Gasteiger partial charge in [-0.25, -0.2) is 0 Å². The Morgan fingerprint density at radius 1 is 1.44 bits per heavy atom. The van der Waals surface area contributed by atoms with Crippen molar-refractivity contribution in [3.05, 3.63) is 21.3 Å². The van der Waals surface area contributed by atoms with Crippen molar-refractivity contribution in [1.82, 2.24) is 4.90 Å². The summed E-state index contributed by atoms with van der Waals surface area (Å²) in [6.45, 7) is 1.89. The molecule has 1 aliphatic rings. The van der Waals surface area contributed by atoms with Crippen molar-refractivity contribution in [2.24, 2.45) is 0 Å². The molecule has 0 radical (unpaired) electrons. The maximum atomic E-state index is 9.12. The lowest BCUT2D eigenvalue weighted by atomic mass is 10.2. The van der Waals surface area contributed by atoms with Crippen LogP contribution in [0.1, 0.15) is 30.6 Å². The predicted octanol–water partition coefficient (Wildman–Crippen LogP) is 3.14. The Morgan fingerprint density at radius 3 is 2.75 bits per heavy atom. The SMILES string of the molecule is OCCN(Cc1sccc1Cl)C1CCCC1. The van der Waals surface area contributed by atoms with Gasteiger partial charge in [-0.05, 0) is 24.3 Å². The number of rotatable bonds is 5. The highest BCUT2D eigenvalue weighted by Gasteiger charge is 2.22. The normalized spacial score (nSPS) is 17.4. The summed E-state index contributed by atoms with van der Waals surface area (Å²) in [7, 11) is 0. The summed E-state index contributed by atoms with van der Waals surface area (Å²) in [5, 5.41) is 12.0. The van der Waals surface area contributed by atoms with Gasteiger partial charge in [0.1, 0.15) is 0 Å². The molecule has 1 fully saturated rings. The van der Waals surface area contributed by atoms with Gasteiger partial charge in [0.2, 0.25) is 0 Å². The zero-order valence-electron chi connectivity index (χ0n) is 9.36. The second kappa shape index (κ2) is 6.01. The molecule has 1 aromatic rings. The standard InChI is InChI=1S/C12H18ClNOS/c13-11-5-8-16-12(11)9-14(6-7-15)10-3-1-2-4-10/h5,8,10,15H,1-4,6-7,9H2. The van der Waals surface area contributed by atoms with Crippen LogP contribution in [0.3, 0.4) is 0 Å². The summed E-state index contributed by atoms with van der Waals surface area (Å²) in [4.78, 5) is 3.60. The molecule has 2 rings (SSSR count). The number of halogens is 1. The quantitative estimate of drug-likeness (QED) is 0.878. The first-order valence-electron chi connectivity index (χ1n) is 5.88. The molecule has 4 heteroatoms. The largest absolute Gasteiger partial charge is 0.395 e. The zero-order chi connectivity index (χ0) is 11.4. The summed E-state index contributed by atoms with van der Waals surface area (Å²) in [6, 6.07) is 2.60. The molecule has 1 aliphatic carbocycles. The number of aliphatic hydroxyl groups excluding tert-OH is 1. The van der Waals surface area contributed by atoms with Gasteiger partial charge in [0.25, 0.3) is 0 Å². The first kappa shape index (κ1) is 12.4. The van der Waals surface area contributed by atoms with Gasteiger partial charge in [-0.1, -0.05) is 24.4 Å². The van der Waals surface area contributed by atoms with Gasteiger partial charge in [-0.2, -0.15) is 0 Å². The van der Waals surface area contributed by atoms with Crippen molar-refractivity contribution in [1.29, 1.82) is 0 Å². The van der Waals surface area contributed by atoms with Crippen molar-refractivity contribution < 1.29 is 5.11 Å². The second-order valence-electron chi connectivity index (χ2n) is 4.32. The molecule has 1 saturated carbocycles. The van der Waals surface area contributed by atoms with Crippen molar-refractivity contribution in [3.8, 4) is 0 Å². The molecule has 2 nitrogen and oxygen atoms in total. The van der Waals surface area contributed by atoms with E-state index in [9.17, 15) is 0 Å². The first-order valence-corrected chi connectivity index (χ1v) is 7.14. The van der Waals surface area contributed by atoms with Gasteiger partial charge in [-0.3, -0.25) is 4.90 Å². The monoisotopic (exact) mass is 259 g/mol. The lowest BCUT2D eigenvalue weighted by Gasteiger charge is -2.27. The molecule has 0 bridgehead atoms. The Morgan fingerprint density at radius 2 is 2.19 bits per heavy atom. The van der Waals surface area contributed by atoms with Gasteiger partial charge >= 0.3 is 0 Å². The Hall–Kier alpha value is -0.0900. The molecule has 0 atom stereocenters. The van der Waals surface area contributed by atoms with E-state index in [1.807, 2.05) is 11.4 Å². The Labute approximate surface area is 106 Å². The van der Waals surface area contributed by atoms with Crippen LogP contribution in [-0.4, -0.2) is 29.2 Å². The number of thiophene rings is 1. The van der Waals surface area contributed by atoms with E-state index < -0.39 is 0 Å². The number of nitrogens with zero attached hydrogens (tertiary/aromatic N) is 1. The molecular formula is C12H18ClNOS. The van der Waals surface area contributed by atoms with Crippen molar-refractivity contribution >= 4 is 22.9 Å². The smallest absolute Gasteiger partial charge is 0.0558 e. The highest BCUT2D eigenvalue weighted by Crippen LogP contribution is 2.28. The van der Waals surface area contributed by atoms with Crippen molar-refractivity contribution in [2.45, 2.75) is 38.3 Å². The summed E-state index contributed by atoms with van der Waals surface area (Å²) in [5.41, 5.74) is 0. The average Bonchev–Trinajstić information content (AvgIpc) is 2.90. The van der Waals surface area contributed by atoms with E-state index in [2.05, 4.69) is 4.90 Å². The summed E-state index contributed by atoms with van der Waals surface area (Å²) in [6.07, 6.45) is 5.18. The maximum absolute atomic E-state index is 9.12. The topological polar surface area (TPSA) is 23.5 Å². The van der Waals surface area contributed by atoms with Crippen molar-refractivity contribution in [3.63, 3.8) is 0 Å². The molecule has 1 aromatic heterocycles. The van der Waals surface area contributed by atoms with Gasteiger partial charge < -0.3 is 5.11 Å². The molecule has 1 N–H and O–H groups in total. The van der Waals surface area contributed by atoms with Gasteiger partial charge in [0.15, 0.2) is 0 Å². The Balaban J connectivity index is 1.99. The maximum Gasteiger partial charge on any atom is 0.0558 e. The lowest BCUT2D eigenvalue weighted by molar-refractivity contribution is 0.146. The fraction of sp³-hybridized carbons (Fsp3) is 0.667. The minimum Gasteiger partial charge on any atom is -0.395 e. The second-order valence-corrected chi connectivity index (χ2v) is 5.73. The van der Waals surface area contributed by atoms with Crippen LogP contribution in [0.5, 0.6) is 0 Å². The molecule has 90 valence electrons. The summed E-state index contributed by atoms with van der Waals surface area (Å²) in [5.74, 6) is 0. The first-order chi connectivity index (χ1) is 7.81. The van der Waals surface area contributed by atoms with E-state index in [0.29, 0.717) is 6.04 Å². The minimum absolute atomic E-state index is 0.236. The molecule has 1 heterocycles. The number of aliphatic hydroxyl groups is 1. The Bertz CT molecular complexity index is 323. The average molecular weight is 260 g/mol. The molecule has 0 spiro atoms. The van der Waals surface area contributed by atoms with Crippen LogP contribution < -0.4 is 0 Å². The fourth-order valence-corrected chi connectivity index (χ4v) is 3.53. The predicted molar refractivity (Wildman–Crippen MR) is 69.1 cm³/mol. The van der Waals surface area contributed by atoms with Crippen LogP contribution in [0.4, 0.5) is 0 Å². The van der Waals surface area contributed by atoms with Crippen molar-refractivity contribution in [2.75, 3.05) is 13.2 Å². The third-order valence-corrected chi connectivity index (χ3v) is 4.64. The summed E-state index contributed by atoms with van der Waals surface area (Å²) < 4.78 is 0. The highest BCUT2D eigenvalue weighted by atomic mass is 35.5. The van der Waals surface area contributed by atoms with E-state index in [1.165, 1.54) is 30.6 Å². The summed E-state index contributed by atoms with van der Waals surface area (Å²) >= 11 is 7.82. The third kappa shape index (κ3) is 2.98. The van der Waals surface area contributed by atoms with Crippen LogP contribution in [0, 0.1) is 0 Å². The zero-order valence-corrected chi connectivity index (χ0v) is 10.9. The van der Waals surface area contributed by atoms with Gasteiger partial charge in [-0.15, -0.1) is 11.3 Å². The van der Waals surface area contributed by atoms with E-state index in [0.717, 1.165) is 18.1 Å². The molecule has 0 unspecified atom stereocenters. The molecular weight excluding hydrogens is 242 g/mol. The molecule has 16 heavy (non-hydrogen) atoms. The molecule has 0 saturated heterocycles. The molecule has 0 aliphatic heterocycles. The highest BCUT2D eigenvalue weighted by molar-refractivity contribution is 7.10. The molecule has 0 aromatic carbocycles. The number of hydrogen-bond acceptors (Lipinski definition) is 3. The van der Waals surface area contributed by atoms with Gasteiger partial charge in [0, 0.05) is 24.0 Å². The Kier molecular flexibility index (Phi) is 4.65. The van der Waals surface area contributed by atoms with Crippen LogP contribution in [-0.2, 0) is 6.54 Å². The van der Waals surface area contributed by atoms with Gasteiger partial charge in [0.05, 0.1) is 11.6 Å². The van der Waals surface area contributed by atoms with Crippen LogP contribution in [0.2, 0.25) is 5.02 Å². The fourth-order valence-electron chi connectivity index (χ4n) is 2.41. The van der Waals surface area contributed by atoms with Crippen LogP contribution >= 0.6 is 22.9 Å². The van der Waals surface area contributed by atoms with E-state index >= 15 is 0 Å². The van der Waals surface area contributed by atoms with Crippen LogP contribution in [0.15, 0.2) is 11.4 Å². The minimum atomic E-state index is 0.236. The molecule has 0 amide bonds. The van der Waals surface area contributed by atoms with E-state index in [1.54, 1.807) is 11.3 Å². The number of hydrogen-bond donors (Lipinski definition) is 1.